The third kappa shape index (κ3) is 4.33. The van der Waals surface area contributed by atoms with Crippen molar-refractivity contribution in [3.05, 3.63) is 12.7 Å². The Hall–Kier alpha value is -1.52. The fraction of sp³-hybridized carbons (Fsp3) is 0.636. The Labute approximate surface area is 96.1 Å². The number of aliphatic carboxylic acids is 1. The molecule has 92 valence electrons. The zero-order chi connectivity index (χ0) is 12.9. The predicted molar refractivity (Wildman–Crippen MR) is 62.3 cm³/mol. The van der Waals surface area contributed by atoms with Crippen LogP contribution in [0.5, 0.6) is 0 Å². The van der Waals surface area contributed by atoms with E-state index in [4.69, 9.17) is 5.11 Å². The largest absolute Gasteiger partial charge is 0.480 e. The van der Waals surface area contributed by atoms with Gasteiger partial charge in [-0.25, -0.2) is 4.79 Å². The highest BCUT2D eigenvalue weighted by Gasteiger charge is 2.27. The minimum absolute atomic E-state index is 0.377. The average Bonchev–Trinajstić information content (AvgIpc) is 2.11. The molecule has 2 amide bonds. The van der Waals surface area contributed by atoms with Crippen molar-refractivity contribution in [3.8, 4) is 0 Å². The summed E-state index contributed by atoms with van der Waals surface area (Å²) >= 11 is 0. The molecule has 0 saturated carbocycles. The molecule has 0 radical (unpaired) electrons. The monoisotopic (exact) mass is 228 g/mol. The molecular formula is C11H20N2O3. The lowest BCUT2D eigenvalue weighted by molar-refractivity contribution is -0.138. The third-order valence-electron chi connectivity index (χ3n) is 2.08. The van der Waals surface area contributed by atoms with E-state index in [2.05, 4.69) is 11.9 Å². The minimum atomic E-state index is -1.05. The van der Waals surface area contributed by atoms with Gasteiger partial charge < -0.3 is 15.3 Å². The van der Waals surface area contributed by atoms with Crippen molar-refractivity contribution in [3.63, 3.8) is 0 Å². The molecule has 0 fully saturated rings. The second kappa shape index (κ2) is 5.53. The Balaban J connectivity index is 4.63. The molecule has 0 aromatic carbocycles. The lowest BCUT2D eigenvalue weighted by atomic mass is 10.1. The van der Waals surface area contributed by atoms with Crippen molar-refractivity contribution in [2.75, 3.05) is 6.54 Å². The van der Waals surface area contributed by atoms with Gasteiger partial charge in [0.25, 0.3) is 0 Å². The first-order valence-electron chi connectivity index (χ1n) is 5.12. The van der Waals surface area contributed by atoms with Crippen LogP contribution in [-0.2, 0) is 4.79 Å². The van der Waals surface area contributed by atoms with Crippen molar-refractivity contribution in [2.24, 2.45) is 0 Å². The molecule has 0 bridgehead atoms. The molecule has 1 atom stereocenters. The van der Waals surface area contributed by atoms with Gasteiger partial charge in [-0.2, -0.15) is 0 Å². The lowest BCUT2D eigenvalue weighted by Gasteiger charge is -2.35. The fourth-order valence-corrected chi connectivity index (χ4v) is 1.12. The lowest BCUT2D eigenvalue weighted by Crippen LogP contribution is -2.53. The van der Waals surface area contributed by atoms with Gasteiger partial charge in [0.2, 0.25) is 0 Å². The summed E-state index contributed by atoms with van der Waals surface area (Å²) in [7, 11) is 0. The summed E-state index contributed by atoms with van der Waals surface area (Å²) in [5.41, 5.74) is -0.378. The standard InChI is InChI=1S/C11H20N2O3/c1-6-7-13(11(3,4)5)10(16)12-8(2)9(14)15/h6,8H,1,7H2,2-5H3,(H,12,16)(H,14,15). The number of carbonyl (C=O) groups excluding carboxylic acids is 1. The van der Waals surface area contributed by atoms with Crippen LogP contribution in [0.2, 0.25) is 0 Å². The van der Waals surface area contributed by atoms with Crippen LogP contribution in [0, 0.1) is 0 Å². The zero-order valence-electron chi connectivity index (χ0n) is 10.3. The van der Waals surface area contributed by atoms with Crippen LogP contribution < -0.4 is 5.32 Å². The second-order valence-electron chi connectivity index (χ2n) is 4.58. The quantitative estimate of drug-likeness (QED) is 0.716. The summed E-state index contributed by atoms with van der Waals surface area (Å²) in [6, 6.07) is -1.30. The molecule has 2 N–H and O–H groups in total. The number of amides is 2. The van der Waals surface area contributed by atoms with Crippen LogP contribution in [-0.4, -0.2) is 40.1 Å². The van der Waals surface area contributed by atoms with Gasteiger partial charge in [-0.15, -0.1) is 6.58 Å². The first-order chi connectivity index (χ1) is 7.20. The maximum absolute atomic E-state index is 11.8. The first kappa shape index (κ1) is 14.5. The molecule has 0 spiro atoms. The minimum Gasteiger partial charge on any atom is -0.480 e. The number of carboxylic acid groups (broad SMARTS) is 1. The Morgan fingerprint density at radius 2 is 2.00 bits per heavy atom. The molecule has 0 aromatic rings. The van der Waals surface area contributed by atoms with Gasteiger partial charge in [-0.1, -0.05) is 6.08 Å². The Morgan fingerprint density at radius 3 is 2.31 bits per heavy atom. The second-order valence-corrected chi connectivity index (χ2v) is 4.58. The number of hydrogen-bond acceptors (Lipinski definition) is 2. The number of hydrogen-bond donors (Lipinski definition) is 2. The van der Waals surface area contributed by atoms with E-state index in [1.54, 1.807) is 6.08 Å². The normalized spacial score (nSPS) is 12.8. The number of rotatable bonds is 4. The molecule has 1 unspecified atom stereocenters. The van der Waals surface area contributed by atoms with Gasteiger partial charge in [-0.3, -0.25) is 4.79 Å². The summed E-state index contributed by atoms with van der Waals surface area (Å²) in [6.45, 7) is 11.0. The van der Waals surface area contributed by atoms with E-state index < -0.39 is 18.0 Å². The molecule has 0 aliphatic carbocycles. The Bertz CT molecular complexity index is 281. The van der Waals surface area contributed by atoms with E-state index >= 15 is 0 Å². The summed E-state index contributed by atoms with van der Waals surface area (Å²) in [5.74, 6) is -1.05. The van der Waals surface area contributed by atoms with Gasteiger partial charge >= 0.3 is 12.0 Å². The summed E-state index contributed by atoms with van der Waals surface area (Å²) < 4.78 is 0. The summed E-state index contributed by atoms with van der Waals surface area (Å²) in [6.07, 6.45) is 1.61. The van der Waals surface area contributed by atoms with E-state index in [9.17, 15) is 9.59 Å². The van der Waals surface area contributed by atoms with E-state index in [0.29, 0.717) is 6.54 Å². The van der Waals surface area contributed by atoms with Crippen molar-refractivity contribution in [1.82, 2.24) is 10.2 Å². The van der Waals surface area contributed by atoms with Crippen LogP contribution in [0.25, 0.3) is 0 Å². The van der Waals surface area contributed by atoms with Crippen LogP contribution in [0.15, 0.2) is 12.7 Å². The maximum Gasteiger partial charge on any atom is 0.325 e. The van der Waals surface area contributed by atoms with Gasteiger partial charge in [0, 0.05) is 12.1 Å². The molecule has 16 heavy (non-hydrogen) atoms. The van der Waals surface area contributed by atoms with E-state index in [0.717, 1.165) is 0 Å². The molecule has 5 nitrogen and oxygen atoms in total. The fourth-order valence-electron chi connectivity index (χ4n) is 1.12. The highest BCUT2D eigenvalue weighted by atomic mass is 16.4. The number of urea groups is 1. The van der Waals surface area contributed by atoms with Crippen molar-refractivity contribution >= 4 is 12.0 Å². The van der Waals surface area contributed by atoms with E-state index in [1.165, 1.54) is 11.8 Å². The zero-order valence-corrected chi connectivity index (χ0v) is 10.3. The number of nitrogens with zero attached hydrogens (tertiary/aromatic N) is 1. The van der Waals surface area contributed by atoms with Gasteiger partial charge in [0.15, 0.2) is 0 Å². The molecule has 0 rings (SSSR count). The van der Waals surface area contributed by atoms with Crippen molar-refractivity contribution in [1.29, 1.82) is 0 Å². The van der Waals surface area contributed by atoms with Crippen LogP contribution >= 0.6 is 0 Å². The van der Waals surface area contributed by atoms with Gasteiger partial charge in [0.05, 0.1) is 0 Å². The Kier molecular flexibility index (Phi) is 5.01. The first-order valence-corrected chi connectivity index (χ1v) is 5.12. The van der Waals surface area contributed by atoms with Crippen LogP contribution in [0.1, 0.15) is 27.7 Å². The SMILES string of the molecule is C=CCN(C(=O)NC(C)C(=O)O)C(C)(C)C. The maximum atomic E-state index is 11.8. The molecule has 0 heterocycles. The number of nitrogens with one attached hydrogen (secondary N) is 1. The van der Waals surface area contributed by atoms with Crippen molar-refractivity contribution in [2.45, 2.75) is 39.3 Å². The molecule has 0 aliphatic heterocycles. The highest BCUT2D eigenvalue weighted by molar-refractivity contribution is 5.82. The molecule has 0 saturated heterocycles. The molecule has 0 aromatic heterocycles. The molecular weight excluding hydrogens is 208 g/mol. The molecule has 5 heteroatoms. The van der Waals surface area contributed by atoms with Crippen LogP contribution in [0.3, 0.4) is 0 Å². The van der Waals surface area contributed by atoms with Crippen molar-refractivity contribution < 1.29 is 14.7 Å². The topological polar surface area (TPSA) is 69.6 Å². The summed E-state index contributed by atoms with van der Waals surface area (Å²) in [4.78, 5) is 23.9. The van der Waals surface area contributed by atoms with Crippen LogP contribution in [0.4, 0.5) is 4.79 Å². The predicted octanol–water partition coefficient (Wildman–Crippen LogP) is 1.46. The smallest absolute Gasteiger partial charge is 0.325 e. The van der Waals surface area contributed by atoms with Gasteiger partial charge in [0.1, 0.15) is 6.04 Å². The summed E-state index contributed by atoms with van der Waals surface area (Å²) in [5, 5.41) is 11.1. The third-order valence-corrected chi connectivity index (χ3v) is 2.08. The Morgan fingerprint density at radius 1 is 1.50 bits per heavy atom. The molecule has 0 aliphatic rings. The average molecular weight is 228 g/mol. The van der Waals surface area contributed by atoms with E-state index in [1.807, 2.05) is 20.8 Å². The number of carboxylic acids is 1. The highest BCUT2D eigenvalue weighted by Crippen LogP contribution is 2.13. The van der Waals surface area contributed by atoms with E-state index in [-0.39, 0.29) is 5.54 Å². The van der Waals surface area contributed by atoms with Gasteiger partial charge in [-0.05, 0) is 27.7 Å². The number of carbonyl (C=O) groups is 2.